The first kappa shape index (κ1) is 11.9. The smallest absolute Gasteiger partial charge is 0.160 e. The lowest BCUT2D eigenvalue weighted by molar-refractivity contribution is -0.137. The molecule has 96 valence electrons. The number of rotatable bonds is 1. The minimum Gasteiger partial charge on any atom is -0.294 e. The van der Waals surface area contributed by atoms with Gasteiger partial charge in [-0.1, -0.05) is 25.5 Å². The highest BCUT2D eigenvalue weighted by atomic mass is 16.1. The molecule has 4 rings (SSSR count). The maximum Gasteiger partial charge on any atom is 0.160 e. The third-order valence-electron chi connectivity index (χ3n) is 5.22. The zero-order valence-electron chi connectivity index (χ0n) is 11.2. The van der Waals surface area contributed by atoms with Crippen LogP contribution in [0.4, 0.5) is 0 Å². The molecule has 0 aromatic rings. The largest absolute Gasteiger partial charge is 0.294 e. The summed E-state index contributed by atoms with van der Waals surface area (Å²) >= 11 is 0. The van der Waals surface area contributed by atoms with Crippen LogP contribution in [0.3, 0.4) is 0 Å². The summed E-state index contributed by atoms with van der Waals surface area (Å²) in [4.78, 5) is 24.3. The standard InChI is InChI=1S/C16H20O2/c1-8(2)10-7-11-9(3)6-12(10)16-14(18)5-4-13(17)15(11)16/h4-6,8,10-12,15-16H,7H2,1-3H3. The van der Waals surface area contributed by atoms with Crippen molar-refractivity contribution >= 4 is 11.6 Å². The molecule has 2 bridgehead atoms. The summed E-state index contributed by atoms with van der Waals surface area (Å²) in [6.45, 7) is 6.59. The van der Waals surface area contributed by atoms with Crippen molar-refractivity contribution in [3.63, 3.8) is 0 Å². The lowest BCUT2D eigenvalue weighted by Gasteiger charge is -2.51. The van der Waals surface area contributed by atoms with E-state index in [0.717, 1.165) is 6.42 Å². The van der Waals surface area contributed by atoms with E-state index in [9.17, 15) is 9.59 Å². The van der Waals surface area contributed by atoms with E-state index < -0.39 is 0 Å². The topological polar surface area (TPSA) is 34.1 Å². The molecule has 0 saturated heterocycles. The van der Waals surface area contributed by atoms with Gasteiger partial charge in [0.1, 0.15) is 0 Å². The Morgan fingerprint density at radius 3 is 2.33 bits per heavy atom. The second-order valence-corrected chi connectivity index (χ2v) is 6.43. The van der Waals surface area contributed by atoms with Gasteiger partial charge in [-0.15, -0.1) is 0 Å². The molecule has 0 aromatic carbocycles. The summed E-state index contributed by atoms with van der Waals surface area (Å²) in [5, 5.41) is 0. The van der Waals surface area contributed by atoms with Crippen LogP contribution >= 0.6 is 0 Å². The van der Waals surface area contributed by atoms with E-state index in [1.165, 1.54) is 17.7 Å². The third kappa shape index (κ3) is 1.47. The monoisotopic (exact) mass is 244 g/mol. The van der Waals surface area contributed by atoms with Crippen LogP contribution in [0.5, 0.6) is 0 Å². The van der Waals surface area contributed by atoms with E-state index in [-0.39, 0.29) is 29.3 Å². The van der Waals surface area contributed by atoms with Crippen LogP contribution in [0.2, 0.25) is 0 Å². The summed E-state index contributed by atoms with van der Waals surface area (Å²) in [6.07, 6.45) is 6.37. The number of hydrogen-bond donors (Lipinski definition) is 0. The van der Waals surface area contributed by atoms with Gasteiger partial charge in [-0.2, -0.15) is 0 Å². The highest BCUT2D eigenvalue weighted by molar-refractivity contribution is 6.08. The Labute approximate surface area is 108 Å². The molecule has 2 heteroatoms. The van der Waals surface area contributed by atoms with Gasteiger partial charge in [-0.25, -0.2) is 0 Å². The number of hydrogen-bond acceptors (Lipinski definition) is 2. The number of carbonyl (C=O) groups is 2. The quantitative estimate of drug-likeness (QED) is 0.665. The highest BCUT2D eigenvalue weighted by Gasteiger charge is 2.53. The molecular weight excluding hydrogens is 224 g/mol. The van der Waals surface area contributed by atoms with Crippen molar-refractivity contribution in [1.29, 1.82) is 0 Å². The Kier molecular flexibility index (Phi) is 2.58. The van der Waals surface area contributed by atoms with Gasteiger partial charge in [-0.3, -0.25) is 9.59 Å². The first-order chi connectivity index (χ1) is 8.50. The summed E-state index contributed by atoms with van der Waals surface area (Å²) in [7, 11) is 0. The van der Waals surface area contributed by atoms with Gasteiger partial charge in [0, 0.05) is 11.8 Å². The fourth-order valence-corrected chi connectivity index (χ4v) is 4.32. The number of fused-ring (bicyclic) bond motifs is 1. The second kappa shape index (κ2) is 3.91. The minimum atomic E-state index is -0.0719. The summed E-state index contributed by atoms with van der Waals surface area (Å²) in [6, 6.07) is 0. The number of carbonyl (C=O) groups excluding carboxylic acids is 2. The maximum absolute atomic E-state index is 12.2. The first-order valence-electron chi connectivity index (χ1n) is 6.94. The van der Waals surface area contributed by atoms with E-state index >= 15 is 0 Å². The summed E-state index contributed by atoms with van der Waals surface area (Å²) in [5.74, 6) is 1.92. The molecule has 0 aromatic heterocycles. The molecular formula is C16H20O2. The van der Waals surface area contributed by atoms with Gasteiger partial charge in [0.05, 0.1) is 0 Å². The molecule has 5 unspecified atom stereocenters. The van der Waals surface area contributed by atoms with Crippen LogP contribution in [-0.2, 0) is 9.59 Å². The molecule has 5 atom stereocenters. The predicted molar refractivity (Wildman–Crippen MR) is 69.8 cm³/mol. The highest BCUT2D eigenvalue weighted by Crippen LogP contribution is 2.54. The molecule has 0 aliphatic heterocycles. The van der Waals surface area contributed by atoms with E-state index in [1.807, 2.05) is 0 Å². The van der Waals surface area contributed by atoms with Gasteiger partial charge < -0.3 is 0 Å². The summed E-state index contributed by atoms with van der Waals surface area (Å²) in [5.41, 5.74) is 1.33. The van der Waals surface area contributed by atoms with Gasteiger partial charge >= 0.3 is 0 Å². The number of allylic oxidation sites excluding steroid dienone is 4. The average Bonchev–Trinajstić information content (AvgIpc) is 2.33. The Morgan fingerprint density at radius 2 is 1.72 bits per heavy atom. The molecule has 2 nitrogen and oxygen atoms in total. The van der Waals surface area contributed by atoms with E-state index in [0.29, 0.717) is 17.8 Å². The van der Waals surface area contributed by atoms with Crippen molar-refractivity contribution < 1.29 is 9.59 Å². The Hall–Kier alpha value is -1.18. The van der Waals surface area contributed by atoms with Crippen molar-refractivity contribution in [2.24, 2.45) is 35.5 Å². The van der Waals surface area contributed by atoms with Gasteiger partial charge in [0.25, 0.3) is 0 Å². The summed E-state index contributed by atoms with van der Waals surface area (Å²) < 4.78 is 0. The van der Waals surface area contributed by atoms with Crippen LogP contribution in [0.1, 0.15) is 27.2 Å². The number of ketones is 2. The van der Waals surface area contributed by atoms with E-state index in [1.54, 1.807) is 0 Å². The van der Waals surface area contributed by atoms with Crippen LogP contribution in [-0.4, -0.2) is 11.6 Å². The molecule has 0 amide bonds. The molecule has 4 aliphatic rings. The molecule has 18 heavy (non-hydrogen) atoms. The van der Waals surface area contributed by atoms with Crippen LogP contribution in [0.25, 0.3) is 0 Å². The second-order valence-electron chi connectivity index (χ2n) is 6.43. The zero-order valence-corrected chi connectivity index (χ0v) is 11.2. The van der Waals surface area contributed by atoms with Gasteiger partial charge in [0.15, 0.2) is 11.6 Å². The normalized spacial score (nSPS) is 42.2. The fraction of sp³-hybridized carbons (Fsp3) is 0.625. The van der Waals surface area contributed by atoms with Crippen molar-refractivity contribution in [2.45, 2.75) is 27.2 Å². The van der Waals surface area contributed by atoms with Crippen LogP contribution < -0.4 is 0 Å². The molecule has 4 aliphatic carbocycles. The Bertz CT molecular complexity index is 469. The molecule has 0 heterocycles. The SMILES string of the molecule is CC1=CC2C(C(C)C)CC1C1C(=O)C=CC(=O)C21. The molecule has 0 spiro atoms. The van der Waals surface area contributed by atoms with Crippen molar-refractivity contribution in [3.05, 3.63) is 23.8 Å². The zero-order chi connectivity index (χ0) is 13.0. The predicted octanol–water partition coefficient (Wildman–Crippen LogP) is 2.80. The lowest BCUT2D eigenvalue weighted by Crippen LogP contribution is -2.52. The Morgan fingerprint density at radius 1 is 1.11 bits per heavy atom. The van der Waals surface area contributed by atoms with E-state index in [2.05, 4.69) is 26.8 Å². The van der Waals surface area contributed by atoms with E-state index in [4.69, 9.17) is 0 Å². The van der Waals surface area contributed by atoms with Gasteiger partial charge in [-0.05, 0) is 49.2 Å². The van der Waals surface area contributed by atoms with Gasteiger partial charge in [0.2, 0.25) is 0 Å². The molecule has 0 N–H and O–H groups in total. The van der Waals surface area contributed by atoms with Crippen molar-refractivity contribution in [2.75, 3.05) is 0 Å². The molecule has 0 radical (unpaired) electrons. The van der Waals surface area contributed by atoms with Crippen LogP contribution in [0.15, 0.2) is 23.8 Å². The van der Waals surface area contributed by atoms with Crippen molar-refractivity contribution in [3.8, 4) is 0 Å². The third-order valence-corrected chi connectivity index (χ3v) is 5.22. The van der Waals surface area contributed by atoms with Crippen LogP contribution in [0, 0.1) is 35.5 Å². The molecule has 1 saturated carbocycles. The maximum atomic E-state index is 12.2. The fourth-order valence-electron chi connectivity index (χ4n) is 4.32. The lowest BCUT2D eigenvalue weighted by atomic mass is 9.51. The average molecular weight is 244 g/mol. The Balaban J connectivity index is 2.07. The minimum absolute atomic E-state index is 0.0625. The van der Waals surface area contributed by atoms with Crippen molar-refractivity contribution in [1.82, 2.24) is 0 Å². The first-order valence-corrected chi connectivity index (χ1v) is 6.94. The molecule has 1 fully saturated rings.